The van der Waals surface area contributed by atoms with Gasteiger partial charge in [-0.3, -0.25) is 4.79 Å². The molecule has 0 aliphatic heterocycles. The second-order valence-corrected chi connectivity index (χ2v) is 7.10. The Balaban J connectivity index is 2.06. The number of aryl methyl sites for hydroxylation is 2. The van der Waals surface area contributed by atoms with E-state index in [-0.39, 0.29) is 16.7 Å². The maximum absolute atomic E-state index is 12.0. The fourth-order valence-electron chi connectivity index (χ4n) is 1.67. The summed E-state index contributed by atoms with van der Waals surface area (Å²) in [4.78, 5) is 12.7. The highest BCUT2D eigenvalue weighted by molar-refractivity contribution is 7.91. The summed E-state index contributed by atoms with van der Waals surface area (Å²) in [5, 5.41) is 11.4. The van der Waals surface area contributed by atoms with Crippen molar-refractivity contribution in [2.75, 3.05) is 0 Å². The van der Waals surface area contributed by atoms with Gasteiger partial charge in [0.25, 0.3) is 5.91 Å². The van der Waals surface area contributed by atoms with E-state index in [9.17, 15) is 13.2 Å². The second kappa shape index (κ2) is 5.35. The molecule has 1 amide bonds. The first-order valence-corrected chi connectivity index (χ1v) is 7.98. The Labute approximate surface area is 119 Å². The summed E-state index contributed by atoms with van der Waals surface area (Å²) in [7, 11) is -3.70. The van der Waals surface area contributed by atoms with Gasteiger partial charge in [0.2, 0.25) is 10.0 Å². The van der Waals surface area contributed by atoms with E-state index >= 15 is 0 Å². The first-order valence-electron chi connectivity index (χ1n) is 5.61. The van der Waals surface area contributed by atoms with Crippen molar-refractivity contribution in [2.24, 2.45) is 5.14 Å². The molecule has 0 aliphatic rings. The lowest BCUT2D eigenvalue weighted by atomic mass is 10.2. The van der Waals surface area contributed by atoms with Gasteiger partial charge in [-0.25, -0.2) is 13.6 Å². The van der Waals surface area contributed by atoms with Gasteiger partial charge in [0.15, 0.2) is 0 Å². The van der Waals surface area contributed by atoms with Crippen LogP contribution in [0.2, 0.25) is 0 Å². The van der Waals surface area contributed by atoms with E-state index in [0.717, 1.165) is 11.3 Å². The number of nitrogens with two attached hydrogens (primary N) is 1. The standard InChI is InChI=1S/C11H13N3O4S2/c1-6-10(7(2)18-14-6)11(15)13-5-8-3-4-9(19-8)20(12,16)17/h3-4H,5H2,1-2H3,(H,13,15)(H2,12,16,17). The molecule has 0 atom stereocenters. The lowest BCUT2D eigenvalue weighted by molar-refractivity contribution is 0.0949. The van der Waals surface area contributed by atoms with Crippen molar-refractivity contribution in [3.8, 4) is 0 Å². The molecule has 2 heterocycles. The number of primary sulfonamides is 1. The lowest BCUT2D eigenvalue weighted by Gasteiger charge is -2.02. The van der Waals surface area contributed by atoms with Crippen molar-refractivity contribution in [3.05, 3.63) is 34.0 Å². The molecule has 2 aromatic heterocycles. The van der Waals surface area contributed by atoms with Crippen LogP contribution in [-0.2, 0) is 16.6 Å². The third kappa shape index (κ3) is 3.06. The Morgan fingerprint density at radius 2 is 2.15 bits per heavy atom. The van der Waals surface area contributed by atoms with Crippen LogP contribution in [0.3, 0.4) is 0 Å². The Hall–Kier alpha value is -1.71. The van der Waals surface area contributed by atoms with Gasteiger partial charge < -0.3 is 9.84 Å². The van der Waals surface area contributed by atoms with Gasteiger partial charge in [-0.05, 0) is 26.0 Å². The molecule has 0 saturated carbocycles. The smallest absolute Gasteiger partial charge is 0.257 e. The number of rotatable bonds is 4. The van der Waals surface area contributed by atoms with Gasteiger partial charge >= 0.3 is 0 Å². The molecule has 2 aromatic rings. The van der Waals surface area contributed by atoms with E-state index in [4.69, 9.17) is 9.66 Å². The Morgan fingerprint density at radius 3 is 2.65 bits per heavy atom. The van der Waals surface area contributed by atoms with Crippen molar-refractivity contribution < 1.29 is 17.7 Å². The van der Waals surface area contributed by atoms with Crippen LogP contribution in [0, 0.1) is 13.8 Å². The fourth-order valence-corrected chi connectivity index (χ4v) is 3.39. The summed E-state index contributed by atoms with van der Waals surface area (Å²) in [6.07, 6.45) is 0. The summed E-state index contributed by atoms with van der Waals surface area (Å²) in [5.74, 6) is 0.128. The van der Waals surface area contributed by atoms with Crippen molar-refractivity contribution in [1.82, 2.24) is 10.5 Å². The Bertz CT molecular complexity index is 726. The molecule has 2 rings (SSSR count). The Morgan fingerprint density at radius 1 is 1.45 bits per heavy atom. The molecule has 0 aliphatic carbocycles. The largest absolute Gasteiger partial charge is 0.361 e. The number of thiophene rings is 1. The van der Waals surface area contributed by atoms with Crippen LogP contribution in [0.1, 0.15) is 26.7 Å². The van der Waals surface area contributed by atoms with Gasteiger partial charge in [-0.1, -0.05) is 5.16 Å². The first kappa shape index (κ1) is 14.7. The highest BCUT2D eigenvalue weighted by Crippen LogP contribution is 2.20. The number of sulfonamides is 1. The topological polar surface area (TPSA) is 115 Å². The van der Waals surface area contributed by atoms with Gasteiger partial charge in [0.05, 0.1) is 12.2 Å². The van der Waals surface area contributed by atoms with Gasteiger partial charge in [0.1, 0.15) is 15.5 Å². The van der Waals surface area contributed by atoms with Crippen LogP contribution in [0.25, 0.3) is 0 Å². The first-order chi connectivity index (χ1) is 9.29. The zero-order valence-electron chi connectivity index (χ0n) is 10.8. The van der Waals surface area contributed by atoms with Crippen LogP contribution < -0.4 is 10.5 Å². The normalized spacial score (nSPS) is 11.6. The molecular formula is C11H13N3O4S2. The molecule has 9 heteroatoms. The minimum absolute atomic E-state index is 0.0686. The van der Waals surface area contributed by atoms with Crippen molar-refractivity contribution in [2.45, 2.75) is 24.6 Å². The molecule has 0 bridgehead atoms. The average molecular weight is 315 g/mol. The number of carbonyl (C=O) groups excluding carboxylic acids is 1. The highest BCUT2D eigenvalue weighted by atomic mass is 32.2. The minimum atomic E-state index is -3.70. The van der Waals surface area contributed by atoms with Crippen LogP contribution in [0.15, 0.2) is 20.9 Å². The third-order valence-electron chi connectivity index (χ3n) is 2.60. The number of nitrogens with one attached hydrogen (secondary N) is 1. The highest BCUT2D eigenvalue weighted by Gasteiger charge is 2.17. The number of hydrogen-bond acceptors (Lipinski definition) is 6. The predicted molar refractivity (Wildman–Crippen MR) is 72.8 cm³/mol. The molecule has 0 unspecified atom stereocenters. The van der Waals surface area contributed by atoms with Gasteiger partial charge in [-0.15, -0.1) is 11.3 Å². The zero-order chi connectivity index (χ0) is 14.9. The molecule has 0 aromatic carbocycles. The quantitative estimate of drug-likeness (QED) is 0.871. The number of nitrogens with zero attached hydrogens (tertiary/aromatic N) is 1. The van der Waals surface area contributed by atoms with Gasteiger partial charge in [0, 0.05) is 4.88 Å². The second-order valence-electron chi connectivity index (χ2n) is 4.15. The molecule has 20 heavy (non-hydrogen) atoms. The Kier molecular flexibility index (Phi) is 3.93. The van der Waals surface area contributed by atoms with Crippen molar-refractivity contribution in [1.29, 1.82) is 0 Å². The van der Waals surface area contributed by atoms with E-state index in [1.807, 2.05) is 0 Å². The molecule has 0 fully saturated rings. The number of aromatic nitrogens is 1. The van der Waals surface area contributed by atoms with Crippen molar-refractivity contribution >= 4 is 27.3 Å². The maximum atomic E-state index is 12.0. The molecule has 0 saturated heterocycles. The third-order valence-corrected chi connectivity index (χ3v) is 5.12. The van der Waals surface area contributed by atoms with Crippen LogP contribution >= 0.6 is 11.3 Å². The summed E-state index contributed by atoms with van der Waals surface area (Å²) in [6, 6.07) is 3.02. The summed E-state index contributed by atoms with van der Waals surface area (Å²) >= 11 is 1.02. The van der Waals surface area contributed by atoms with Gasteiger partial charge in [-0.2, -0.15) is 0 Å². The average Bonchev–Trinajstić information content (AvgIpc) is 2.93. The fraction of sp³-hybridized carbons (Fsp3) is 0.273. The molecule has 0 spiro atoms. The number of hydrogen-bond donors (Lipinski definition) is 2. The summed E-state index contributed by atoms with van der Waals surface area (Å²) < 4.78 is 27.3. The number of carbonyl (C=O) groups is 1. The number of amides is 1. The van der Waals surface area contributed by atoms with E-state index in [1.54, 1.807) is 19.9 Å². The van der Waals surface area contributed by atoms with Crippen LogP contribution in [0.4, 0.5) is 0 Å². The van der Waals surface area contributed by atoms with E-state index in [1.165, 1.54) is 6.07 Å². The molecule has 7 nitrogen and oxygen atoms in total. The van der Waals surface area contributed by atoms with Crippen molar-refractivity contribution in [3.63, 3.8) is 0 Å². The molecular weight excluding hydrogens is 302 g/mol. The van der Waals surface area contributed by atoms with E-state index in [2.05, 4.69) is 10.5 Å². The van der Waals surface area contributed by atoms with Crippen LogP contribution in [0.5, 0.6) is 0 Å². The van der Waals surface area contributed by atoms with E-state index < -0.39 is 10.0 Å². The van der Waals surface area contributed by atoms with Crippen LogP contribution in [-0.4, -0.2) is 19.5 Å². The predicted octanol–water partition coefficient (Wildman–Crippen LogP) is 0.930. The molecule has 3 N–H and O–H groups in total. The lowest BCUT2D eigenvalue weighted by Crippen LogP contribution is -2.23. The zero-order valence-corrected chi connectivity index (χ0v) is 12.5. The SMILES string of the molecule is Cc1noc(C)c1C(=O)NCc1ccc(S(N)(=O)=O)s1. The maximum Gasteiger partial charge on any atom is 0.257 e. The van der Waals surface area contributed by atoms with E-state index in [0.29, 0.717) is 21.9 Å². The monoisotopic (exact) mass is 315 g/mol. The molecule has 108 valence electrons. The minimum Gasteiger partial charge on any atom is -0.361 e. The summed E-state index contributed by atoms with van der Waals surface area (Å²) in [6.45, 7) is 3.54. The molecule has 0 radical (unpaired) electrons. The summed E-state index contributed by atoms with van der Waals surface area (Å²) in [5.41, 5.74) is 0.907.